The molecule has 1 aromatic heterocycles. The molecule has 2 heterocycles. The zero-order valence-corrected chi connectivity index (χ0v) is 10.9. The minimum Gasteiger partial charge on any atom is -0.317 e. The van der Waals surface area contributed by atoms with Crippen molar-refractivity contribution < 1.29 is 9.18 Å². The van der Waals surface area contributed by atoms with Crippen molar-refractivity contribution in [2.24, 2.45) is 0 Å². The molecule has 18 heavy (non-hydrogen) atoms. The standard InChI is InChI=1S/C13H18FN3O/c1-9-6-7-13(2,3)17(9)12(18)16-11-5-4-10(14)8-15-11/h4-5,8-9H,6-7H2,1-3H3,(H,15,16,18). The molecule has 1 fully saturated rings. The Bertz CT molecular complexity index is 444. The van der Waals surface area contributed by atoms with Crippen LogP contribution in [0.4, 0.5) is 15.0 Å². The van der Waals surface area contributed by atoms with Crippen LogP contribution in [0.1, 0.15) is 33.6 Å². The highest BCUT2D eigenvalue weighted by atomic mass is 19.1. The number of urea groups is 1. The molecule has 1 unspecified atom stereocenters. The summed E-state index contributed by atoms with van der Waals surface area (Å²) in [5.74, 6) is -0.0424. The number of nitrogens with zero attached hydrogens (tertiary/aromatic N) is 2. The SMILES string of the molecule is CC1CCC(C)(C)N1C(=O)Nc1ccc(F)cn1. The number of likely N-dealkylation sites (tertiary alicyclic amines) is 1. The van der Waals surface area contributed by atoms with Gasteiger partial charge in [0, 0.05) is 11.6 Å². The van der Waals surface area contributed by atoms with Crippen molar-refractivity contribution in [1.29, 1.82) is 0 Å². The van der Waals surface area contributed by atoms with Crippen LogP contribution in [0.5, 0.6) is 0 Å². The number of halogens is 1. The summed E-state index contributed by atoms with van der Waals surface area (Å²) in [6.45, 7) is 6.13. The van der Waals surface area contributed by atoms with E-state index in [9.17, 15) is 9.18 Å². The van der Waals surface area contributed by atoms with Crippen molar-refractivity contribution in [3.63, 3.8) is 0 Å². The monoisotopic (exact) mass is 251 g/mol. The first kappa shape index (κ1) is 12.8. The van der Waals surface area contributed by atoms with E-state index in [1.807, 2.05) is 25.7 Å². The molecule has 0 aliphatic carbocycles. The smallest absolute Gasteiger partial charge is 0.317 e. The molecule has 0 aromatic carbocycles. The Balaban J connectivity index is 2.10. The molecule has 1 aliphatic rings. The zero-order valence-electron chi connectivity index (χ0n) is 10.9. The van der Waals surface area contributed by atoms with Crippen LogP contribution in [0.15, 0.2) is 18.3 Å². The summed E-state index contributed by atoms with van der Waals surface area (Å²) in [4.78, 5) is 17.9. The number of carbonyl (C=O) groups is 1. The van der Waals surface area contributed by atoms with Gasteiger partial charge in [-0.3, -0.25) is 5.32 Å². The molecule has 2 amide bonds. The average Bonchev–Trinajstić information content (AvgIpc) is 2.56. The molecule has 98 valence electrons. The number of hydrogen-bond acceptors (Lipinski definition) is 2. The molecule has 0 spiro atoms. The van der Waals surface area contributed by atoms with Crippen LogP contribution in [-0.4, -0.2) is 27.5 Å². The molecule has 2 rings (SSSR count). The maximum absolute atomic E-state index is 12.7. The van der Waals surface area contributed by atoms with Crippen LogP contribution >= 0.6 is 0 Å². The topological polar surface area (TPSA) is 45.2 Å². The van der Waals surface area contributed by atoms with E-state index in [1.54, 1.807) is 0 Å². The van der Waals surface area contributed by atoms with Gasteiger partial charge < -0.3 is 4.90 Å². The number of amides is 2. The largest absolute Gasteiger partial charge is 0.323 e. The van der Waals surface area contributed by atoms with Gasteiger partial charge in [-0.25, -0.2) is 14.2 Å². The highest BCUT2D eigenvalue weighted by Gasteiger charge is 2.40. The fourth-order valence-corrected chi connectivity index (χ4v) is 2.50. The van der Waals surface area contributed by atoms with Gasteiger partial charge in [0.2, 0.25) is 0 Å². The van der Waals surface area contributed by atoms with Crippen molar-refractivity contribution in [2.45, 2.75) is 45.2 Å². The quantitative estimate of drug-likeness (QED) is 0.833. The average molecular weight is 251 g/mol. The number of carbonyl (C=O) groups excluding carboxylic acids is 1. The predicted molar refractivity (Wildman–Crippen MR) is 67.8 cm³/mol. The third-order valence-electron chi connectivity index (χ3n) is 3.45. The van der Waals surface area contributed by atoms with E-state index in [4.69, 9.17) is 0 Å². The first-order chi connectivity index (χ1) is 8.40. The first-order valence-electron chi connectivity index (χ1n) is 6.12. The lowest BCUT2D eigenvalue weighted by atomic mass is 10.0. The summed E-state index contributed by atoms with van der Waals surface area (Å²) in [5, 5.41) is 2.71. The van der Waals surface area contributed by atoms with Crippen molar-refractivity contribution >= 4 is 11.8 Å². The summed E-state index contributed by atoms with van der Waals surface area (Å²) >= 11 is 0. The van der Waals surface area contributed by atoms with Crippen LogP contribution in [0.3, 0.4) is 0 Å². The van der Waals surface area contributed by atoms with Gasteiger partial charge in [0.1, 0.15) is 11.6 Å². The molecular weight excluding hydrogens is 233 g/mol. The van der Waals surface area contributed by atoms with Crippen molar-refractivity contribution in [3.8, 4) is 0 Å². The molecule has 1 atom stereocenters. The van der Waals surface area contributed by atoms with E-state index in [0.717, 1.165) is 19.0 Å². The number of anilines is 1. The molecule has 0 saturated carbocycles. The fraction of sp³-hybridized carbons (Fsp3) is 0.538. The number of aromatic nitrogens is 1. The number of hydrogen-bond donors (Lipinski definition) is 1. The predicted octanol–water partition coefficient (Wildman–Crippen LogP) is 3.02. The molecule has 1 N–H and O–H groups in total. The maximum atomic E-state index is 12.7. The van der Waals surface area contributed by atoms with Gasteiger partial charge in [-0.2, -0.15) is 0 Å². The lowest BCUT2D eigenvalue weighted by Gasteiger charge is -2.34. The van der Waals surface area contributed by atoms with E-state index >= 15 is 0 Å². The Morgan fingerprint density at radius 3 is 2.78 bits per heavy atom. The van der Waals surface area contributed by atoms with E-state index < -0.39 is 5.82 Å². The van der Waals surface area contributed by atoms with Gasteiger partial charge in [-0.05, 0) is 45.7 Å². The number of rotatable bonds is 1. The third kappa shape index (κ3) is 2.44. The normalized spacial score (nSPS) is 22.0. The van der Waals surface area contributed by atoms with Gasteiger partial charge in [0.15, 0.2) is 0 Å². The number of pyridine rings is 1. The van der Waals surface area contributed by atoms with E-state index in [0.29, 0.717) is 5.82 Å². The highest BCUT2D eigenvalue weighted by Crippen LogP contribution is 2.33. The molecular formula is C13H18FN3O. The Morgan fingerprint density at radius 1 is 1.56 bits per heavy atom. The lowest BCUT2D eigenvalue weighted by Crippen LogP contribution is -2.48. The van der Waals surface area contributed by atoms with Crippen LogP contribution in [0.2, 0.25) is 0 Å². The second-order valence-electron chi connectivity index (χ2n) is 5.36. The molecule has 4 nitrogen and oxygen atoms in total. The van der Waals surface area contributed by atoms with E-state index in [1.165, 1.54) is 12.1 Å². The van der Waals surface area contributed by atoms with E-state index in [2.05, 4.69) is 10.3 Å². The van der Waals surface area contributed by atoms with Gasteiger partial charge >= 0.3 is 6.03 Å². The highest BCUT2D eigenvalue weighted by molar-refractivity contribution is 5.89. The Hall–Kier alpha value is -1.65. The summed E-state index contributed by atoms with van der Waals surface area (Å²) in [5.41, 5.74) is -0.149. The molecule has 1 aliphatic heterocycles. The van der Waals surface area contributed by atoms with E-state index in [-0.39, 0.29) is 17.6 Å². The maximum Gasteiger partial charge on any atom is 0.323 e. The van der Waals surface area contributed by atoms with Gasteiger partial charge in [0.25, 0.3) is 0 Å². The second kappa shape index (κ2) is 4.55. The molecule has 1 aromatic rings. The van der Waals surface area contributed by atoms with Gasteiger partial charge in [-0.15, -0.1) is 0 Å². The van der Waals surface area contributed by atoms with Crippen molar-refractivity contribution in [3.05, 3.63) is 24.1 Å². The molecule has 1 saturated heterocycles. The first-order valence-corrected chi connectivity index (χ1v) is 6.12. The molecule has 0 bridgehead atoms. The van der Waals surface area contributed by atoms with Crippen LogP contribution in [-0.2, 0) is 0 Å². The van der Waals surface area contributed by atoms with Crippen molar-refractivity contribution in [2.75, 3.05) is 5.32 Å². The summed E-state index contributed by atoms with van der Waals surface area (Å²) in [7, 11) is 0. The van der Waals surface area contributed by atoms with Crippen LogP contribution in [0.25, 0.3) is 0 Å². The summed E-state index contributed by atoms with van der Waals surface area (Å²) < 4.78 is 12.7. The fourth-order valence-electron chi connectivity index (χ4n) is 2.50. The minimum atomic E-state index is -0.414. The Morgan fingerprint density at radius 2 is 2.28 bits per heavy atom. The van der Waals surface area contributed by atoms with Crippen LogP contribution < -0.4 is 5.32 Å². The second-order valence-corrected chi connectivity index (χ2v) is 5.36. The molecule has 0 radical (unpaired) electrons. The van der Waals surface area contributed by atoms with Crippen LogP contribution in [0, 0.1) is 5.82 Å². The van der Waals surface area contributed by atoms with Crippen molar-refractivity contribution in [1.82, 2.24) is 9.88 Å². The summed E-state index contributed by atoms with van der Waals surface area (Å²) in [6, 6.07) is 2.77. The Kier molecular flexibility index (Phi) is 3.24. The lowest BCUT2D eigenvalue weighted by molar-refractivity contribution is 0.157. The van der Waals surface area contributed by atoms with Gasteiger partial charge in [0.05, 0.1) is 6.20 Å². The summed E-state index contributed by atoms with van der Waals surface area (Å²) in [6.07, 6.45) is 3.07. The molecule has 5 heteroatoms. The van der Waals surface area contributed by atoms with Gasteiger partial charge in [-0.1, -0.05) is 0 Å². The third-order valence-corrected chi connectivity index (χ3v) is 3.45. The Labute approximate surface area is 106 Å². The number of nitrogens with one attached hydrogen (secondary N) is 1. The minimum absolute atomic E-state index is 0.149. The zero-order chi connectivity index (χ0) is 13.3.